The molecule has 0 radical (unpaired) electrons. The molecule has 0 aliphatic heterocycles. The van der Waals surface area contributed by atoms with E-state index in [1.165, 1.54) is 0 Å². The molecular weight excluding hydrogens is 280 g/mol. The molecule has 0 amide bonds. The summed E-state index contributed by atoms with van der Waals surface area (Å²) in [6, 6.07) is 7.28. The maximum absolute atomic E-state index is 12.3. The third-order valence-electron chi connectivity index (χ3n) is 3.21. The Morgan fingerprint density at radius 1 is 1.37 bits per heavy atom. The highest BCUT2D eigenvalue weighted by Crippen LogP contribution is 2.30. The molecule has 2 N–H and O–H groups in total. The maximum Gasteiger partial charge on any atom is 0.218 e. The second kappa shape index (κ2) is 5.56. The van der Waals surface area contributed by atoms with E-state index in [-0.39, 0.29) is 11.8 Å². The van der Waals surface area contributed by atoms with E-state index in [0.29, 0.717) is 11.5 Å². The fourth-order valence-corrected chi connectivity index (χ4v) is 4.08. The number of benzene rings is 1. The summed E-state index contributed by atoms with van der Waals surface area (Å²) in [4.78, 5) is 0.322. The topological polar surface area (TPSA) is 63.4 Å². The van der Waals surface area contributed by atoms with Gasteiger partial charge in [0.25, 0.3) is 0 Å². The minimum Gasteiger partial charge on any atom is -0.389 e. The molecule has 1 aromatic carbocycles. The fraction of sp³-hybridized carbons (Fsp3) is 0.462. The molecule has 4 nitrogen and oxygen atoms in total. The first-order chi connectivity index (χ1) is 8.94. The highest BCUT2D eigenvalue weighted by atomic mass is 32.2. The zero-order valence-corrected chi connectivity index (χ0v) is 12.5. The molecule has 1 saturated carbocycles. The number of nitrogens with zero attached hydrogens (tertiary/aromatic N) is 1. The summed E-state index contributed by atoms with van der Waals surface area (Å²) in [5.41, 5.74) is 7.03. The molecule has 104 valence electrons. The maximum atomic E-state index is 12.3. The molecule has 0 saturated heterocycles. The molecular formula is C13H18N2O2S2. The fourth-order valence-electron chi connectivity index (χ4n) is 2.10. The van der Waals surface area contributed by atoms with Crippen molar-refractivity contribution in [2.75, 3.05) is 6.54 Å². The van der Waals surface area contributed by atoms with Gasteiger partial charge < -0.3 is 5.73 Å². The monoisotopic (exact) mass is 298 g/mol. The van der Waals surface area contributed by atoms with Crippen LogP contribution in [-0.2, 0) is 15.8 Å². The lowest BCUT2D eigenvalue weighted by Crippen LogP contribution is -2.33. The Hall–Kier alpha value is -0.980. The molecule has 0 heterocycles. The second-order valence-electron chi connectivity index (χ2n) is 4.75. The minimum atomic E-state index is -3.23. The summed E-state index contributed by atoms with van der Waals surface area (Å²) in [6.45, 7) is 2.42. The third kappa shape index (κ3) is 3.52. The van der Waals surface area contributed by atoms with Crippen LogP contribution in [0.15, 0.2) is 24.3 Å². The summed E-state index contributed by atoms with van der Waals surface area (Å²) in [6.07, 6.45) is 1.96. The van der Waals surface area contributed by atoms with E-state index >= 15 is 0 Å². The van der Waals surface area contributed by atoms with Gasteiger partial charge in [0.2, 0.25) is 10.0 Å². The van der Waals surface area contributed by atoms with Gasteiger partial charge >= 0.3 is 0 Å². The summed E-state index contributed by atoms with van der Waals surface area (Å²) in [5.74, 6) is 0.0367. The van der Waals surface area contributed by atoms with E-state index in [0.717, 1.165) is 24.0 Å². The molecule has 2 rings (SSSR count). The van der Waals surface area contributed by atoms with E-state index < -0.39 is 10.0 Å². The van der Waals surface area contributed by atoms with Crippen molar-refractivity contribution < 1.29 is 8.42 Å². The van der Waals surface area contributed by atoms with Crippen LogP contribution in [0.25, 0.3) is 0 Å². The molecule has 1 aromatic rings. The SMILES string of the molecule is CCN(C1CC1)S(=O)(=O)Cc1ccc(C(N)=S)cc1. The lowest BCUT2D eigenvalue weighted by atomic mass is 10.1. The molecule has 1 fully saturated rings. The van der Waals surface area contributed by atoms with Crippen molar-refractivity contribution >= 4 is 27.2 Å². The van der Waals surface area contributed by atoms with Crippen LogP contribution in [0.1, 0.15) is 30.9 Å². The first kappa shape index (κ1) is 14.4. The highest BCUT2D eigenvalue weighted by molar-refractivity contribution is 7.88. The summed E-state index contributed by atoms with van der Waals surface area (Å²) >= 11 is 4.87. The molecule has 0 unspecified atom stereocenters. The van der Waals surface area contributed by atoms with E-state index in [2.05, 4.69) is 0 Å². The molecule has 1 aliphatic carbocycles. The zero-order valence-electron chi connectivity index (χ0n) is 10.9. The van der Waals surface area contributed by atoms with Crippen LogP contribution in [0.3, 0.4) is 0 Å². The standard InChI is InChI=1S/C13H18N2O2S2/c1-2-15(12-7-8-12)19(16,17)9-10-3-5-11(6-4-10)13(14)18/h3-6,12H,2,7-9H2,1H3,(H2,14,18). The van der Waals surface area contributed by atoms with Gasteiger partial charge in [-0.1, -0.05) is 43.4 Å². The Labute approximate surface area is 119 Å². The quantitative estimate of drug-likeness (QED) is 0.811. The van der Waals surface area contributed by atoms with Gasteiger partial charge in [-0.2, -0.15) is 4.31 Å². The number of hydrogen-bond donors (Lipinski definition) is 1. The molecule has 0 bridgehead atoms. The number of rotatable bonds is 6. The van der Waals surface area contributed by atoms with Gasteiger partial charge in [-0.3, -0.25) is 0 Å². The Morgan fingerprint density at radius 3 is 2.37 bits per heavy atom. The predicted molar refractivity (Wildman–Crippen MR) is 80.4 cm³/mol. The van der Waals surface area contributed by atoms with Crippen LogP contribution >= 0.6 is 12.2 Å². The van der Waals surface area contributed by atoms with E-state index in [9.17, 15) is 8.42 Å². The van der Waals surface area contributed by atoms with Crippen LogP contribution in [0, 0.1) is 0 Å². The Bertz CT molecular complexity index is 563. The third-order valence-corrected chi connectivity index (χ3v) is 5.42. The molecule has 0 atom stereocenters. The first-order valence-corrected chi connectivity index (χ1v) is 8.34. The van der Waals surface area contributed by atoms with Crippen molar-refractivity contribution in [3.05, 3.63) is 35.4 Å². The number of sulfonamides is 1. The van der Waals surface area contributed by atoms with Gasteiger partial charge in [-0.25, -0.2) is 8.42 Å². The molecule has 19 heavy (non-hydrogen) atoms. The van der Waals surface area contributed by atoms with Gasteiger partial charge in [-0.15, -0.1) is 0 Å². The minimum absolute atomic E-state index is 0.0367. The second-order valence-corrected chi connectivity index (χ2v) is 7.11. The van der Waals surface area contributed by atoms with E-state index in [4.69, 9.17) is 18.0 Å². The van der Waals surface area contributed by atoms with Crippen molar-refractivity contribution in [2.45, 2.75) is 31.6 Å². The van der Waals surface area contributed by atoms with Crippen molar-refractivity contribution in [3.8, 4) is 0 Å². The Kier molecular flexibility index (Phi) is 4.23. The van der Waals surface area contributed by atoms with Crippen molar-refractivity contribution in [1.29, 1.82) is 0 Å². The molecule has 6 heteroatoms. The summed E-state index contributed by atoms with van der Waals surface area (Å²) < 4.78 is 26.2. The average molecular weight is 298 g/mol. The van der Waals surface area contributed by atoms with Gasteiger partial charge in [-0.05, 0) is 18.4 Å². The van der Waals surface area contributed by atoms with Crippen LogP contribution in [0.2, 0.25) is 0 Å². The van der Waals surface area contributed by atoms with Crippen LogP contribution in [0.5, 0.6) is 0 Å². The summed E-state index contributed by atoms with van der Waals surface area (Å²) in [7, 11) is -3.23. The van der Waals surface area contributed by atoms with E-state index in [1.54, 1.807) is 28.6 Å². The Balaban J connectivity index is 2.13. The number of hydrogen-bond acceptors (Lipinski definition) is 3. The van der Waals surface area contributed by atoms with Crippen molar-refractivity contribution in [1.82, 2.24) is 4.31 Å². The largest absolute Gasteiger partial charge is 0.389 e. The Morgan fingerprint density at radius 2 is 1.95 bits per heavy atom. The molecule has 1 aliphatic rings. The van der Waals surface area contributed by atoms with Gasteiger partial charge in [0.15, 0.2) is 0 Å². The lowest BCUT2D eigenvalue weighted by molar-refractivity contribution is 0.420. The van der Waals surface area contributed by atoms with Crippen LogP contribution in [-0.4, -0.2) is 30.3 Å². The number of nitrogens with two attached hydrogens (primary N) is 1. The zero-order chi connectivity index (χ0) is 14.0. The van der Waals surface area contributed by atoms with Crippen molar-refractivity contribution in [3.63, 3.8) is 0 Å². The average Bonchev–Trinajstić information content (AvgIpc) is 3.14. The lowest BCUT2D eigenvalue weighted by Gasteiger charge is -2.19. The van der Waals surface area contributed by atoms with Gasteiger partial charge in [0.1, 0.15) is 4.99 Å². The molecule has 0 aromatic heterocycles. The first-order valence-electron chi connectivity index (χ1n) is 6.32. The van der Waals surface area contributed by atoms with Gasteiger partial charge in [0, 0.05) is 18.2 Å². The smallest absolute Gasteiger partial charge is 0.218 e. The normalized spacial score (nSPS) is 15.7. The highest BCUT2D eigenvalue weighted by Gasteiger charge is 2.35. The van der Waals surface area contributed by atoms with Crippen molar-refractivity contribution in [2.24, 2.45) is 5.73 Å². The van der Waals surface area contributed by atoms with Crippen LogP contribution < -0.4 is 5.73 Å². The summed E-state index contributed by atoms with van der Waals surface area (Å²) in [5, 5.41) is 0. The van der Waals surface area contributed by atoms with Gasteiger partial charge in [0.05, 0.1) is 5.75 Å². The molecule has 0 spiro atoms. The predicted octanol–water partition coefficient (Wildman–Crippen LogP) is 1.63. The number of thiocarbonyl (C=S) groups is 1. The van der Waals surface area contributed by atoms with Crippen LogP contribution in [0.4, 0.5) is 0 Å². The van der Waals surface area contributed by atoms with E-state index in [1.807, 2.05) is 6.92 Å².